The van der Waals surface area contributed by atoms with Crippen molar-refractivity contribution in [2.24, 2.45) is 4.99 Å². The lowest BCUT2D eigenvalue weighted by Gasteiger charge is -2.14. The molecule has 0 amide bonds. The summed E-state index contributed by atoms with van der Waals surface area (Å²) in [6, 6.07) is 5.89. The molecule has 0 fully saturated rings. The van der Waals surface area contributed by atoms with E-state index in [4.69, 9.17) is 18.9 Å². The summed E-state index contributed by atoms with van der Waals surface area (Å²) in [5.74, 6) is 2.34. The molecule has 0 atom stereocenters. The van der Waals surface area contributed by atoms with E-state index in [-0.39, 0.29) is 24.0 Å². The Labute approximate surface area is 185 Å². The highest BCUT2D eigenvalue weighted by Crippen LogP contribution is 2.32. The first-order chi connectivity index (χ1) is 13.3. The number of unbranched alkanes of at least 4 members (excludes halogenated alkanes) is 1. The van der Waals surface area contributed by atoms with Crippen molar-refractivity contribution < 1.29 is 18.9 Å². The van der Waals surface area contributed by atoms with Crippen molar-refractivity contribution in [2.45, 2.75) is 32.6 Å². The Morgan fingerprint density at radius 2 is 1.93 bits per heavy atom. The highest BCUT2D eigenvalue weighted by molar-refractivity contribution is 14.0. The summed E-state index contributed by atoms with van der Waals surface area (Å²) in [4.78, 5) is 4.65. The first-order valence-corrected chi connectivity index (χ1v) is 9.85. The molecule has 7 nitrogen and oxygen atoms in total. The monoisotopic (exact) mass is 507 g/mol. The fourth-order valence-electron chi connectivity index (χ4n) is 2.50. The molecule has 0 saturated heterocycles. The average molecular weight is 507 g/mol. The highest BCUT2D eigenvalue weighted by Gasteiger charge is 2.11. The van der Waals surface area contributed by atoms with Crippen LogP contribution in [0, 0.1) is 0 Å². The van der Waals surface area contributed by atoms with Crippen LogP contribution in [0.5, 0.6) is 11.5 Å². The van der Waals surface area contributed by atoms with E-state index in [0.717, 1.165) is 55.4 Å². The highest BCUT2D eigenvalue weighted by atomic mass is 127. The van der Waals surface area contributed by atoms with Gasteiger partial charge in [-0.1, -0.05) is 13.3 Å². The second-order valence-electron chi connectivity index (χ2n) is 6.31. The largest absolute Gasteiger partial charge is 0.490 e. The predicted octanol–water partition coefficient (Wildman–Crippen LogP) is 3.68. The summed E-state index contributed by atoms with van der Waals surface area (Å²) in [6.07, 6.45) is 4.00. The number of nitrogens with zero attached hydrogens (tertiary/aromatic N) is 1. The molecule has 1 aromatic carbocycles. The van der Waals surface area contributed by atoms with Gasteiger partial charge in [-0.05, 0) is 25.0 Å². The van der Waals surface area contributed by atoms with Crippen molar-refractivity contribution in [3.05, 3.63) is 18.2 Å². The van der Waals surface area contributed by atoms with Crippen LogP contribution in [0.1, 0.15) is 32.6 Å². The Kier molecular flexibility index (Phi) is 13.8. The Morgan fingerprint density at radius 3 is 2.71 bits per heavy atom. The van der Waals surface area contributed by atoms with Crippen molar-refractivity contribution in [1.82, 2.24) is 5.32 Å². The number of benzene rings is 1. The number of fused-ring (bicyclic) bond motifs is 1. The molecule has 1 aliphatic heterocycles. The Hall–Kier alpha value is -1.26. The molecule has 0 unspecified atom stereocenters. The van der Waals surface area contributed by atoms with Crippen LogP contribution in [-0.4, -0.2) is 59.2 Å². The molecule has 28 heavy (non-hydrogen) atoms. The van der Waals surface area contributed by atoms with E-state index in [2.05, 4.69) is 22.5 Å². The lowest BCUT2D eigenvalue weighted by Crippen LogP contribution is -2.32. The van der Waals surface area contributed by atoms with Crippen molar-refractivity contribution in [2.75, 3.05) is 58.6 Å². The molecule has 2 rings (SSSR count). The quantitative estimate of drug-likeness (QED) is 0.206. The fourth-order valence-corrected chi connectivity index (χ4v) is 2.50. The molecule has 1 aromatic rings. The summed E-state index contributed by atoms with van der Waals surface area (Å²) in [5, 5.41) is 6.74. The van der Waals surface area contributed by atoms with E-state index >= 15 is 0 Å². The van der Waals surface area contributed by atoms with Crippen LogP contribution >= 0.6 is 24.0 Å². The maximum Gasteiger partial charge on any atom is 0.195 e. The third-order valence-electron chi connectivity index (χ3n) is 3.98. The Bertz CT molecular complexity index is 572. The van der Waals surface area contributed by atoms with Gasteiger partial charge in [0.2, 0.25) is 0 Å². The lowest BCUT2D eigenvalue weighted by atomic mass is 10.2. The van der Waals surface area contributed by atoms with Gasteiger partial charge in [0.15, 0.2) is 17.5 Å². The number of ether oxygens (including phenoxy) is 4. The summed E-state index contributed by atoms with van der Waals surface area (Å²) >= 11 is 0. The van der Waals surface area contributed by atoms with Gasteiger partial charge < -0.3 is 29.6 Å². The van der Waals surface area contributed by atoms with Crippen LogP contribution in [0.15, 0.2) is 23.2 Å². The number of guanidine groups is 1. The van der Waals surface area contributed by atoms with Gasteiger partial charge >= 0.3 is 0 Å². The van der Waals surface area contributed by atoms with E-state index in [9.17, 15) is 0 Å². The van der Waals surface area contributed by atoms with Crippen molar-refractivity contribution in [1.29, 1.82) is 0 Å². The van der Waals surface area contributed by atoms with Crippen LogP contribution in [0.3, 0.4) is 0 Å². The number of aliphatic imine (C=N–C) groups is 1. The van der Waals surface area contributed by atoms with Gasteiger partial charge in [0.1, 0.15) is 0 Å². The van der Waals surface area contributed by atoms with Gasteiger partial charge in [-0.3, -0.25) is 4.99 Å². The van der Waals surface area contributed by atoms with Gasteiger partial charge in [0.25, 0.3) is 0 Å². The van der Waals surface area contributed by atoms with Gasteiger partial charge in [0.05, 0.1) is 26.4 Å². The SMILES string of the molecule is CCCCNC(=NCCCOCCOC)Nc1ccc2c(c1)OCCCO2.I. The number of anilines is 1. The molecule has 0 radical (unpaired) electrons. The number of rotatable bonds is 11. The molecule has 1 aliphatic rings. The maximum atomic E-state index is 5.76. The number of methoxy groups -OCH3 is 1. The summed E-state index contributed by atoms with van der Waals surface area (Å²) in [6.45, 7) is 7.05. The van der Waals surface area contributed by atoms with E-state index in [1.165, 1.54) is 0 Å². The van der Waals surface area contributed by atoms with Crippen molar-refractivity contribution in [3.63, 3.8) is 0 Å². The van der Waals surface area contributed by atoms with Crippen LogP contribution in [0.4, 0.5) is 5.69 Å². The summed E-state index contributed by atoms with van der Waals surface area (Å²) in [7, 11) is 1.67. The fraction of sp³-hybridized carbons (Fsp3) is 0.650. The zero-order chi connectivity index (χ0) is 19.2. The zero-order valence-electron chi connectivity index (χ0n) is 17.0. The topological polar surface area (TPSA) is 73.3 Å². The number of hydrogen-bond acceptors (Lipinski definition) is 5. The van der Waals surface area contributed by atoms with Crippen LogP contribution in [-0.2, 0) is 9.47 Å². The molecule has 2 N–H and O–H groups in total. The first kappa shape index (κ1) is 24.8. The minimum atomic E-state index is 0. The van der Waals surface area contributed by atoms with Gasteiger partial charge in [-0.2, -0.15) is 0 Å². The second kappa shape index (κ2) is 15.6. The van der Waals surface area contributed by atoms with E-state index in [1.807, 2.05) is 18.2 Å². The smallest absolute Gasteiger partial charge is 0.195 e. The average Bonchev–Trinajstić information content (AvgIpc) is 2.92. The molecular weight excluding hydrogens is 473 g/mol. The minimum absolute atomic E-state index is 0. The molecule has 0 bridgehead atoms. The predicted molar refractivity (Wildman–Crippen MR) is 124 cm³/mol. The zero-order valence-corrected chi connectivity index (χ0v) is 19.3. The molecule has 0 spiro atoms. The maximum absolute atomic E-state index is 5.76. The number of nitrogens with one attached hydrogen (secondary N) is 2. The second-order valence-corrected chi connectivity index (χ2v) is 6.31. The van der Waals surface area contributed by atoms with E-state index < -0.39 is 0 Å². The number of halogens is 1. The molecule has 0 aromatic heterocycles. The van der Waals surface area contributed by atoms with E-state index in [0.29, 0.717) is 39.6 Å². The Balaban J connectivity index is 0.00000392. The van der Waals surface area contributed by atoms with Gasteiger partial charge in [-0.25, -0.2) is 0 Å². The van der Waals surface area contributed by atoms with Crippen LogP contribution in [0.25, 0.3) is 0 Å². The van der Waals surface area contributed by atoms with Gasteiger partial charge in [0, 0.05) is 45.0 Å². The molecule has 1 heterocycles. The number of hydrogen-bond donors (Lipinski definition) is 2. The molecular formula is C20H34IN3O4. The molecule has 0 aliphatic carbocycles. The molecule has 160 valence electrons. The van der Waals surface area contributed by atoms with Gasteiger partial charge in [-0.15, -0.1) is 24.0 Å². The molecule has 8 heteroatoms. The summed E-state index contributed by atoms with van der Waals surface area (Å²) in [5.41, 5.74) is 0.929. The minimum Gasteiger partial charge on any atom is -0.490 e. The summed E-state index contributed by atoms with van der Waals surface area (Å²) < 4.78 is 21.9. The standard InChI is InChI=1S/C20H33N3O4.HI/c1-3-4-9-21-20(22-10-5-11-25-15-14-24-2)23-17-7-8-18-19(16-17)27-13-6-12-26-18;/h7-8,16H,3-6,9-15H2,1-2H3,(H2,21,22,23);1H. The normalized spacial score (nSPS) is 13.4. The Morgan fingerprint density at radius 1 is 1.11 bits per heavy atom. The third kappa shape index (κ3) is 9.79. The lowest BCUT2D eigenvalue weighted by molar-refractivity contribution is 0.0702. The van der Waals surface area contributed by atoms with E-state index in [1.54, 1.807) is 7.11 Å². The van der Waals surface area contributed by atoms with Crippen molar-refractivity contribution in [3.8, 4) is 11.5 Å². The van der Waals surface area contributed by atoms with Crippen LogP contribution < -0.4 is 20.1 Å². The molecule has 0 saturated carbocycles. The van der Waals surface area contributed by atoms with Crippen molar-refractivity contribution >= 4 is 35.6 Å². The third-order valence-corrected chi connectivity index (χ3v) is 3.98. The first-order valence-electron chi connectivity index (χ1n) is 9.85. The van der Waals surface area contributed by atoms with Crippen LogP contribution in [0.2, 0.25) is 0 Å².